The second kappa shape index (κ2) is 7.80. The quantitative estimate of drug-likeness (QED) is 0.575. The Labute approximate surface area is 127 Å². The van der Waals surface area contributed by atoms with Crippen LogP contribution < -0.4 is 5.32 Å². The number of unbranched alkanes of at least 4 members (excludes halogenated alkanes) is 2. The Morgan fingerprint density at radius 3 is 2.55 bits per heavy atom. The van der Waals surface area contributed by atoms with Gasteiger partial charge in [-0.3, -0.25) is 4.79 Å². The Kier molecular flexibility index (Phi) is 6.70. The zero-order chi connectivity index (χ0) is 15.2. The van der Waals surface area contributed by atoms with Crippen molar-refractivity contribution in [2.45, 2.75) is 65.0 Å². The van der Waals surface area contributed by atoms with Crippen LogP contribution in [-0.2, 0) is 0 Å². The molecule has 1 rings (SSSR count). The largest absolute Gasteiger partial charge is 0.302 e. The lowest BCUT2D eigenvalue weighted by Gasteiger charge is -2.28. The van der Waals surface area contributed by atoms with Crippen molar-refractivity contribution in [3.63, 3.8) is 0 Å². The molecule has 0 aliphatic carbocycles. The van der Waals surface area contributed by atoms with Crippen LogP contribution in [0.2, 0.25) is 5.02 Å². The molecule has 0 aliphatic rings. The van der Waals surface area contributed by atoms with Gasteiger partial charge in [-0.1, -0.05) is 49.9 Å². The second-order valence-corrected chi connectivity index (χ2v) is 6.75. The van der Waals surface area contributed by atoms with Gasteiger partial charge in [0.15, 0.2) is 5.78 Å². The van der Waals surface area contributed by atoms with Crippen LogP contribution in [-0.4, -0.2) is 17.4 Å². The van der Waals surface area contributed by atoms with Gasteiger partial charge in [0.2, 0.25) is 0 Å². The highest BCUT2D eigenvalue weighted by Crippen LogP contribution is 2.17. The van der Waals surface area contributed by atoms with Crippen molar-refractivity contribution >= 4 is 17.4 Å². The highest BCUT2D eigenvalue weighted by molar-refractivity contribution is 6.31. The highest BCUT2D eigenvalue weighted by Gasteiger charge is 2.24. The average Bonchev–Trinajstić information content (AvgIpc) is 2.35. The van der Waals surface area contributed by atoms with E-state index in [1.807, 2.05) is 12.1 Å². The third kappa shape index (κ3) is 6.06. The van der Waals surface area contributed by atoms with Crippen molar-refractivity contribution in [1.29, 1.82) is 0 Å². The first-order valence-electron chi connectivity index (χ1n) is 7.41. The normalized spacial score (nSPS) is 13.2. The van der Waals surface area contributed by atoms with Crippen molar-refractivity contribution in [1.82, 2.24) is 5.32 Å². The lowest BCUT2D eigenvalue weighted by molar-refractivity contribution is 0.0918. The van der Waals surface area contributed by atoms with Gasteiger partial charge in [-0.05, 0) is 39.3 Å². The van der Waals surface area contributed by atoms with Gasteiger partial charge in [0.05, 0.1) is 6.04 Å². The molecule has 0 saturated heterocycles. The van der Waals surface area contributed by atoms with E-state index < -0.39 is 0 Å². The predicted octanol–water partition coefficient (Wildman–Crippen LogP) is 4.86. The van der Waals surface area contributed by atoms with Gasteiger partial charge in [0, 0.05) is 16.1 Å². The fourth-order valence-electron chi connectivity index (χ4n) is 2.23. The molecule has 112 valence electrons. The molecule has 1 aromatic carbocycles. The molecule has 0 fully saturated rings. The van der Waals surface area contributed by atoms with Gasteiger partial charge in [-0.25, -0.2) is 0 Å². The zero-order valence-corrected chi connectivity index (χ0v) is 13.8. The summed E-state index contributed by atoms with van der Waals surface area (Å²) >= 11 is 5.98. The minimum Gasteiger partial charge on any atom is -0.302 e. The van der Waals surface area contributed by atoms with E-state index >= 15 is 0 Å². The lowest BCUT2D eigenvalue weighted by Crippen LogP contribution is -2.47. The van der Waals surface area contributed by atoms with Crippen LogP contribution in [0.5, 0.6) is 0 Å². The van der Waals surface area contributed by atoms with Crippen molar-refractivity contribution in [2.24, 2.45) is 0 Å². The summed E-state index contributed by atoms with van der Waals surface area (Å²) in [5.74, 6) is 0.138. The maximum absolute atomic E-state index is 12.6. The molecule has 3 heteroatoms. The molecule has 0 unspecified atom stereocenters. The molecule has 0 aromatic heterocycles. The topological polar surface area (TPSA) is 29.1 Å². The SMILES string of the molecule is CCCCC[C@@H](NC(C)(C)C)C(=O)c1cccc(Cl)c1. The highest BCUT2D eigenvalue weighted by atomic mass is 35.5. The average molecular weight is 296 g/mol. The standard InChI is InChI=1S/C17H26ClNO/c1-5-6-7-11-15(19-17(2,3)4)16(20)13-9-8-10-14(18)12-13/h8-10,12,15,19H,5-7,11H2,1-4H3/t15-/m1/s1. The Morgan fingerprint density at radius 1 is 1.30 bits per heavy atom. The second-order valence-electron chi connectivity index (χ2n) is 6.32. The molecule has 1 aromatic rings. The van der Waals surface area contributed by atoms with Crippen LogP contribution >= 0.6 is 11.6 Å². The fourth-order valence-corrected chi connectivity index (χ4v) is 2.42. The summed E-state index contributed by atoms with van der Waals surface area (Å²) < 4.78 is 0. The fraction of sp³-hybridized carbons (Fsp3) is 0.588. The number of nitrogens with one attached hydrogen (secondary N) is 1. The first-order chi connectivity index (χ1) is 9.33. The van der Waals surface area contributed by atoms with E-state index in [0.717, 1.165) is 25.7 Å². The van der Waals surface area contributed by atoms with E-state index in [4.69, 9.17) is 11.6 Å². The lowest BCUT2D eigenvalue weighted by atomic mass is 9.96. The first-order valence-corrected chi connectivity index (χ1v) is 7.79. The van der Waals surface area contributed by atoms with Gasteiger partial charge < -0.3 is 5.32 Å². The zero-order valence-electron chi connectivity index (χ0n) is 13.0. The molecule has 1 N–H and O–H groups in total. The molecule has 0 saturated carbocycles. The number of hydrogen-bond acceptors (Lipinski definition) is 2. The molecule has 0 spiro atoms. The molecule has 0 radical (unpaired) electrons. The smallest absolute Gasteiger partial charge is 0.179 e. The van der Waals surface area contributed by atoms with Gasteiger partial charge in [-0.15, -0.1) is 0 Å². The minimum atomic E-state index is -0.139. The van der Waals surface area contributed by atoms with Crippen LogP contribution in [0.1, 0.15) is 63.7 Å². The molecular formula is C17H26ClNO. The number of ketones is 1. The van der Waals surface area contributed by atoms with Gasteiger partial charge in [0.1, 0.15) is 0 Å². The number of carbonyl (C=O) groups excluding carboxylic acids is 1. The van der Waals surface area contributed by atoms with Crippen molar-refractivity contribution in [2.75, 3.05) is 0 Å². The number of benzene rings is 1. The van der Waals surface area contributed by atoms with E-state index in [1.54, 1.807) is 12.1 Å². The predicted molar refractivity (Wildman–Crippen MR) is 86.6 cm³/mol. The third-order valence-electron chi connectivity index (χ3n) is 3.13. The van der Waals surface area contributed by atoms with Crippen molar-refractivity contribution in [3.8, 4) is 0 Å². The van der Waals surface area contributed by atoms with Crippen molar-refractivity contribution in [3.05, 3.63) is 34.9 Å². The summed E-state index contributed by atoms with van der Waals surface area (Å²) in [4.78, 5) is 12.6. The Morgan fingerprint density at radius 2 is 2.00 bits per heavy atom. The Bertz CT molecular complexity index is 437. The van der Waals surface area contributed by atoms with E-state index in [0.29, 0.717) is 10.6 Å². The maximum Gasteiger partial charge on any atom is 0.179 e. The van der Waals surface area contributed by atoms with Crippen LogP contribution in [0.15, 0.2) is 24.3 Å². The summed E-state index contributed by atoms with van der Waals surface area (Å²) in [6, 6.07) is 7.07. The summed E-state index contributed by atoms with van der Waals surface area (Å²) in [5.41, 5.74) is 0.612. The summed E-state index contributed by atoms with van der Waals surface area (Å²) in [6.45, 7) is 8.44. The van der Waals surface area contributed by atoms with Crippen molar-refractivity contribution < 1.29 is 4.79 Å². The summed E-state index contributed by atoms with van der Waals surface area (Å²) in [7, 11) is 0. The summed E-state index contributed by atoms with van der Waals surface area (Å²) in [6.07, 6.45) is 4.26. The van der Waals surface area contributed by atoms with Crippen LogP contribution in [0.4, 0.5) is 0 Å². The van der Waals surface area contributed by atoms with E-state index in [9.17, 15) is 4.79 Å². The molecule has 1 atom stereocenters. The van der Waals surface area contributed by atoms with E-state index in [2.05, 4.69) is 33.0 Å². The van der Waals surface area contributed by atoms with Crippen LogP contribution in [0.25, 0.3) is 0 Å². The number of Topliss-reactive ketones (excluding diaryl/α,β-unsaturated/α-hetero) is 1. The number of halogens is 1. The number of rotatable bonds is 7. The number of carbonyl (C=O) groups is 1. The van der Waals surface area contributed by atoms with E-state index in [-0.39, 0.29) is 17.4 Å². The molecule has 20 heavy (non-hydrogen) atoms. The monoisotopic (exact) mass is 295 g/mol. The van der Waals surface area contributed by atoms with E-state index in [1.165, 1.54) is 0 Å². The molecule has 0 bridgehead atoms. The van der Waals surface area contributed by atoms with Crippen LogP contribution in [0.3, 0.4) is 0 Å². The Hall–Kier alpha value is -0.860. The Balaban J connectivity index is 2.82. The van der Waals surface area contributed by atoms with Gasteiger partial charge >= 0.3 is 0 Å². The van der Waals surface area contributed by atoms with Gasteiger partial charge in [-0.2, -0.15) is 0 Å². The molecule has 0 heterocycles. The minimum absolute atomic E-state index is 0.0783. The molecule has 0 aliphatic heterocycles. The molecular weight excluding hydrogens is 270 g/mol. The first kappa shape index (κ1) is 17.2. The van der Waals surface area contributed by atoms with Gasteiger partial charge in [0.25, 0.3) is 0 Å². The number of hydrogen-bond donors (Lipinski definition) is 1. The molecule has 2 nitrogen and oxygen atoms in total. The third-order valence-corrected chi connectivity index (χ3v) is 3.36. The van der Waals surface area contributed by atoms with Crippen LogP contribution in [0, 0.1) is 0 Å². The maximum atomic E-state index is 12.6. The summed E-state index contributed by atoms with van der Waals surface area (Å²) in [5, 5.41) is 4.05. The molecule has 0 amide bonds.